The van der Waals surface area contributed by atoms with Crippen LogP contribution in [-0.2, 0) is 0 Å². The lowest BCUT2D eigenvalue weighted by molar-refractivity contribution is 0.0938. The Morgan fingerprint density at radius 3 is 2.50 bits per heavy atom. The van der Waals surface area contributed by atoms with Gasteiger partial charge in [-0.2, -0.15) is 0 Å². The number of hydrogen-bond donors (Lipinski definition) is 2. The molecule has 0 bridgehead atoms. The van der Waals surface area contributed by atoms with Gasteiger partial charge in [0.15, 0.2) is 0 Å². The van der Waals surface area contributed by atoms with Crippen LogP contribution in [0.2, 0.25) is 0 Å². The lowest BCUT2D eigenvalue weighted by Crippen LogP contribution is -2.27. The van der Waals surface area contributed by atoms with Crippen LogP contribution in [0.1, 0.15) is 46.0 Å². The minimum absolute atomic E-state index is 0.111. The largest absolute Gasteiger partial charge is 0.466 e. The van der Waals surface area contributed by atoms with E-state index < -0.39 is 0 Å². The Morgan fingerprint density at radius 2 is 1.95 bits per heavy atom. The second kappa shape index (κ2) is 5.41. The van der Waals surface area contributed by atoms with E-state index in [2.05, 4.69) is 5.32 Å². The Balaban J connectivity index is 2.19. The maximum atomic E-state index is 12.4. The molecular weight excluding hydrogens is 252 g/mol. The molecule has 2 aromatic rings. The van der Waals surface area contributed by atoms with Gasteiger partial charge in [0.2, 0.25) is 0 Å². The third-order valence-corrected chi connectivity index (χ3v) is 3.55. The van der Waals surface area contributed by atoms with Gasteiger partial charge >= 0.3 is 0 Å². The van der Waals surface area contributed by atoms with Crippen molar-refractivity contribution in [3.05, 3.63) is 52.5 Å². The first-order valence-electron chi connectivity index (χ1n) is 6.63. The third kappa shape index (κ3) is 2.69. The van der Waals surface area contributed by atoms with Gasteiger partial charge in [0.1, 0.15) is 11.5 Å². The van der Waals surface area contributed by atoms with Gasteiger partial charge in [0.05, 0.1) is 11.6 Å². The number of carbonyl (C=O) groups is 1. The first-order valence-corrected chi connectivity index (χ1v) is 6.63. The molecule has 1 aromatic heterocycles. The van der Waals surface area contributed by atoms with Gasteiger partial charge in [-0.15, -0.1) is 0 Å². The third-order valence-electron chi connectivity index (χ3n) is 3.55. The van der Waals surface area contributed by atoms with Gasteiger partial charge in [-0.25, -0.2) is 0 Å². The second-order valence-electron chi connectivity index (χ2n) is 5.08. The fourth-order valence-electron chi connectivity index (χ4n) is 2.31. The predicted octanol–water partition coefficient (Wildman–Crippen LogP) is 3.28. The summed E-state index contributed by atoms with van der Waals surface area (Å²) in [6.07, 6.45) is 0. The van der Waals surface area contributed by atoms with Gasteiger partial charge in [-0.1, -0.05) is 12.1 Å². The number of rotatable bonds is 3. The van der Waals surface area contributed by atoms with Crippen molar-refractivity contribution in [2.24, 2.45) is 0 Å². The average Bonchev–Trinajstić information content (AvgIpc) is 2.63. The normalized spacial score (nSPS) is 12.2. The summed E-state index contributed by atoms with van der Waals surface area (Å²) in [5.74, 6) is 1.31. The summed E-state index contributed by atoms with van der Waals surface area (Å²) in [6.45, 7) is 7.50. The summed E-state index contributed by atoms with van der Waals surface area (Å²) in [5, 5.41) is 2.98. The minimum Gasteiger partial charge on any atom is -0.466 e. The van der Waals surface area contributed by atoms with Crippen molar-refractivity contribution in [2.75, 3.05) is 5.73 Å². The van der Waals surface area contributed by atoms with E-state index in [1.54, 1.807) is 6.92 Å². The van der Waals surface area contributed by atoms with Crippen LogP contribution < -0.4 is 11.1 Å². The summed E-state index contributed by atoms with van der Waals surface area (Å²) in [6, 6.07) is 7.41. The molecule has 0 aliphatic carbocycles. The molecule has 1 unspecified atom stereocenters. The minimum atomic E-state index is -0.119. The topological polar surface area (TPSA) is 68.3 Å². The molecule has 0 aliphatic rings. The van der Waals surface area contributed by atoms with E-state index in [0.29, 0.717) is 17.0 Å². The molecule has 0 fully saturated rings. The molecule has 1 amide bonds. The van der Waals surface area contributed by atoms with Crippen molar-refractivity contribution in [3.8, 4) is 0 Å². The number of nitrogens with one attached hydrogen (secondary N) is 1. The van der Waals surface area contributed by atoms with E-state index in [4.69, 9.17) is 10.2 Å². The van der Waals surface area contributed by atoms with Crippen LogP contribution in [0.15, 0.2) is 28.7 Å². The zero-order chi connectivity index (χ0) is 14.9. The highest BCUT2D eigenvalue weighted by atomic mass is 16.3. The summed E-state index contributed by atoms with van der Waals surface area (Å²) < 4.78 is 5.49. The molecule has 4 heteroatoms. The highest BCUT2D eigenvalue weighted by Crippen LogP contribution is 2.22. The molecule has 1 aromatic carbocycles. The monoisotopic (exact) mass is 272 g/mol. The quantitative estimate of drug-likeness (QED) is 0.842. The lowest BCUT2D eigenvalue weighted by Gasteiger charge is -2.15. The van der Waals surface area contributed by atoms with E-state index in [-0.39, 0.29) is 11.9 Å². The highest BCUT2D eigenvalue weighted by molar-refractivity contribution is 5.97. The Morgan fingerprint density at radius 1 is 1.25 bits per heavy atom. The number of anilines is 1. The number of hydrogen-bond acceptors (Lipinski definition) is 3. The van der Waals surface area contributed by atoms with E-state index >= 15 is 0 Å². The van der Waals surface area contributed by atoms with Crippen molar-refractivity contribution < 1.29 is 9.21 Å². The zero-order valence-corrected chi connectivity index (χ0v) is 12.3. The van der Waals surface area contributed by atoms with Crippen LogP contribution in [0.3, 0.4) is 0 Å². The van der Waals surface area contributed by atoms with Crippen LogP contribution in [0.25, 0.3) is 0 Å². The number of nitrogens with two attached hydrogens (primary N) is 1. The fourth-order valence-corrected chi connectivity index (χ4v) is 2.31. The molecule has 4 nitrogen and oxygen atoms in total. The number of benzene rings is 1. The zero-order valence-electron chi connectivity index (χ0n) is 12.3. The first kappa shape index (κ1) is 14.2. The van der Waals surface area contributed by atoms with Crippen LogP contribution in [0.4, 0.5) is 5.69 Å². The molecular formula is C16H20N2O2. The summed E-state index contributed by atoms with van der Waals surface area (Å²) in [4.78, 5) is 12.4. The Hall–Kier alpha value is -2.23. The maximum Gasteiger partial charge on any atom is 0.255 e. The van der Waals surface area contributed by atoms with Crippen molar-refractivity contribution in [1.29, 1.82) is 0 Å². The lowest BCUT2D eigenvalue weighted by atomic mass is 10.1. The van der Waals surface area contributed by atoms with Crippen molar-refractivity contribution in [1.82, 2.24) is 5.32 Å². The molecule has 20 heavy (non-hydrogen) atoms. The maximum absolute atomic E-state index is 12.4. The molecule has 3 N–H and O–H groups in total. The molecule has 0 radical (unpaired) electrons. The summed E-state index contributed by atoms with van der Waals surface area (Å²) in [5.41, 5.74) is 8.94. The number of amides is 1. The van der Waals surface area contributed by atoms with Crippen LogP contribution >= 0.6 is 0 Å². The Labute approximate surface area is 119 Å². The van der Waals surface area contributed by atoms with Gasteiger partial charge in [0, 0.05) is 11.3 Å². The fraction of sp³-hybridized carbons (Fsp3) is 0.312. The van der Waals surface area contributed by atoms with Gasteiger partial charge in [0.25, 0.3) is 5.91 Å². The number of carbonyl (C=O) groups excluding carboxylic acids is 1. The van der Waals surface area contributed by atoms with Gasteiger partial charge in [-0.05, 0) is 45.4 Å². The highest BCUT2D eigenvalue weighted by Gasteiger charge is 2.20. The van der Waals surface area contributed by atoms with Gasteiger partial charge < -0.3 is 15.5 Å². The average molecular weight is 272 g/mol. The molecule has 0 aliphatic heterocycles. The van der Waals surface area contributed by atoms with E-state index in [1.165, 1.54) is 0 Å². The Kier molecular flexibility index (Phi) is 3.84. The van der Waals surface area contributed by atoms with E-state index in [0.717, 1.165) is 16.9 Å². The molecule has 0 saturated carbocycles. The second-order valence-corrected chi connectivity index (χ2v) is 5.08. The smallest absolute Gasteiger partial charge is 0.255 e. The van der Waals surface area contributed by atoms with Crippen molar-refractivity contribution >= 4 is 11.6 Å². The summed E-state index contributed by atoms with van der Waals surface area (Å²) >= 11 is 0. The van der Waals surface area contributed by atoms with Crippen molar-refractivity contribution in [3.63, 3.8) is 0 Å². The molecule has 0 spiro atoms. The summed E-state index contributed by atoms with van der Waals surface area (Å²) in [7, 11) is 0. The van der Waals surface area contributed by atoms with Crippen LogP contribution in [0.5, 0.6) is 0 Å². The molecule has 2 rings (SSSR count). The van der Waals surface area contributed by atoms with Crippen LogP contribution in [0, 0.1) is 20.8 Å². The first-order chi connectivity index (χ1) is 9.40. The molecule has 106 valence electrons. The Bertz CT molecular complexity index is 644. The molecule has 1 heterocycles. The molecule has 0 saturated heterocycles. The van der Waals surface area contributed by atoms with Crippen molar-refractivity contribution in [2.45, 2.75) is 33.7 Å². The number of furan rings is 1. The predicted molar refractivity (Wildman–Crippen MR) is 79.7 cm³/mol. The number of nitrogen functional groups attached to an aromatic ring is 1. The van der Waals surface area contributed by atoms with E-state index in [9.17, 15) is 4.79 Å². The SMILES string of the molecule is Cc1oc(C)c(C(=O)NC(C)c2cccc(N)c2)c1C. The number of aryl methyl sites for hydroxylation is 2. The molecule has 1 atom stereocenters. The van der Waals surface area contributed by atoms with Gasteiger partial charge in [-0.3, -0.25) is 4.79 Å². The van der Waals surface area contributed by atoms with E-state index in [1.807, 2.05) is 45.0 Å². The van der Waals surface area contributed by atoms with Crippen LogP contribution in [-0.4, -0.2) is 5.91 Å². The standard InChI is InChI=1S/C16H20N2O2/c1-9-11(3)20-12(4)15(9)16(19)18-10(2)13-6-5-7-14(17)8-13/h5-8,10H,17H2,1-4H3,(H,18,19).